The predicted molar refractivity (Wildman–Crippen MR) is 156 cm³/mol. The van der Waals surface area contributed by atoms with Crippen molar-refractivity contribution in [2.75, 3.05) is 0 Å². The second-order valence-electron chi connectivity index (χ2n) is 14.8. The molecule has 4 aliphatic rings. The van der Waals surface area contributed by atoms with Crippen LogP contribution < -0.4 is 0 Å². The number of allylic oxidation sites excluding steroid dienone is 1. The number of carbonyl (C=O) groups excluding carboxylic acids is 1. The predicted octanol–water partition coefficient (Wildman–Crippen LogP) is 10.3. The Hall–Kier alpha value is -0.790. The smallest absolute Gasteiger partial charge is 0.306 e. The number of hydrogen-bond donors (Lipinski definition) is 0. The van der Waals surface area contributed by atoms with Crippen LogP contribution in [0.5, 0.6) is 0 Å². The van der Waals surface area contributed by atoms with Crippen molar-refractivity contribution in [1.82, 2.24) is 0 Å². The van der Waals surface area contributed by atoms with Gasteiger partial charge in [-0.15, -0.1) is 0 Å². The van der Waals surface area contributed by atoms with Crippen LogP contribution in [0, 0.1) is 46.3 Å². The maximum atomic E-state index is 12.5. The fourth-order valence-corrected chi connectivity index (χ4v) is 9.87. The quantitative estimate of drug-likeness (QED) is 0.148. The number of hydrogen-bond acceptors (Lipinski definition) is 2. The molecule has 0 saturated heterocycles. The van der Waals surface area contributed by atoms with E-state index in [0.717, 1.165) is 61.2 Å². The van der Waals surface area contributed by atoms with E-state index in [-0.39, 0.29) is 12.1 Å². The van der Waals surface area contributed by atoms with Gasteiger partial charge in [0.1, 0.15) is 6.10 Å². The van der Waals surface area contributed by atoms with Crippen LogP contribution in [0.3, 0.4) is 0 Å². The van der Waals surface area contributed by atoms with Crippen molar-refractivity contribution in [2.24, 2.45) is 46.3 Å². The number of unbranched alkanes of at least 4 members (excludes halogenated alkanes) is 4. The highest BCUT2D eigenvalue weighted by Crippen LogP contribution is 2.67. The molecule has 0 aromatic heterocycles. The van der Waals surface area contributed by atoms with Crippen LogP contribution >= 0.6 is 0 Å². The van der Waals surface area contributed by atoms with Crippen LogP contribution in [0.4, 0.5) is 0 Å². The summed E-state index contributed by atoms with van der Waals surface area (Å²) in [5, 5.41) is 0. The van der Waals surface area contributed by atoms with Gasteiger partial charge in [-0.25, -0.2) is 0 Å². The molecule has 0 heterocycles. The number of esters is 1. The molecule has 0 unspecified atom stereocenters. The highest BCUT2D eigenvalue weighted by Gasteiger charge is 2.59. The zero-order valence-corrected chi connectivity index (χ0v) is 25.5. The van der Waals surface area contributed by atoms with Gasteiger partial charge in [0.15, 0.2) is 0 Å². The molecule has 0 aromatic rings. The summed E-state index contributed by atoms with van der Waals surface area (Å²) in [6.45, 7) is 14.9. The summed E-state index contributed by atoms with van der Waals surface area (Å²) in [7, 11) is 0. The summed E-state index contributed by atoms with van der Waals surface area (Å²) < 4.78 is 6.02. The van der Waals surface area contributed by atoms with Gasteiger partial charge in [-0.3, -0.25) is 4.79 Å². The topological polar surface area (TPSA) is 26.3 Å². The average molecular weight is 513 g/mol. The van der Waals surface area contributed by atoms with Gasteiger partial charge in [0.2, 0.25) is 0 Å². The molecule has 3 saturated carbocycles. The zero-order chi connectivity index (χ0) is 26.6. The number of rotatable bonds is 12. The molecule has 0 radical (unpaired) electrons. The van der Waals surface area contributed by atoms with Gasteiger partial charge in [-0.2, -0.15) is 0 Å². The van der Waals surface area contributed by atoms with Crippen LogP contribution in [-0.4, -0.2) is 12.1 Å². The SMILES string of the molecule is CCCCCCCC(=O)O[C@H]1CC[C@@]2(C)C(=CC[C@H]3[C@@H]4CC[C@@H]([C@@H](C)CCCC(C)C)[C@@]4(C)CC[C@@H]32)C1. The molecule has 0 bridgehead atoms. The Morgan fingerprint density at radius 3 is 2.49 bits per heavy atom. The van der Waals surface area contributed by atoms with Crippen molar-refractivity contribution < 1.29 is 9.53 Å². The van der Waals surface area contributed by atoms with E-state index in [4.69, 9.17) is 4.74 Å². The van der Waals surface area contributed by atoms with Crippen LogP contribution in [0.1, 0.15) is 151 Å². The normalized spacial score (nSPS) is 37.9. The summed E-state index contributed by atoms with van der Waals surface area (Å²) in [6, 6.07) is 0. The molecule has 4 rings (SSSR count). The standard InChI is InChI=1S/C35H60O2/c1-7-8-9-10-11-15-33(36)37-28-20-22-34(5)27(24-28)16-17-29-31-19-18-30(26(4)14-12-13-25(2)3)35(31,6)23-21-32(29)34/h16,25-26,28-32H,7-15,17-24H2,1-6H3/t26-,28-,29-,30-,31-,32-,34-,35+/m0/s1. The van der Waals surface area contributed by atoms with Crippen molar-refractivity contribution >= 4 is 5.97 Å². The molecule has 212 valence electrons. The monoisotopic (exact) mass is 512 g/mol. The minimum Gasteiger partial charge on any atom is -0.462 e. The first-order chi connectivity index (χ1) is 17.7. The van der Waals surface area contributed by atoms with Crippen molar-refractivity contribution in [3.8, 4) is 0 Å². The molecule has 0 aliphatic heterocycles. The number of ether oxygens (including phenoxy) is 1. The van der Waals surface area contributed by atoms with E-state index < -0.39 is 0 Å². The first kappa shape index (κ1) is 29.2. The fraction of sp³-hybridized carbons (Fsp3) is 0.914. The van der Waals surface area contributed by atoms with Gasteiger partial charge in [0, 0.05) is 12.8 Å². The zero-order valence-electron chi connectivity index (χ0n) is 25.5. The molecule has 0 aromatic carbocycles. The molecular formula is C35H60O2. The largest absolute Gasteiger partial charge is 0.462 e. The molecule has 0 N–H and O–H groups in total. The van der Waals surface area contributed by atoms with Crippen molar-refractivity contribution in [1.29, 1.82) is 0 Å². The third-order valence-corrected chi connectivity index (χ3v) is 12.0. The van der Waals surface area contributed by atoms with E-state index in [2.05, 4.69) is 47.6 Å². The number of carbonyl (C=O) groups is 1. The summed E-state index contributed by atoms with van der Waals surface area (Å²) in [6.07, 6.45) is 23.9. The van der Waals surface area contributed by atoms with Crippen LogP contribution in [0.25, 0.3) is 0 Å². The lowest BCUT2D eigenvalue weighted by atomic mass is 9.47. The molecule has 0 amide bonds. The van der Waals surface area contributed by atoms with Crippen LogP contribution in [0.2, 0.25) is 0 Å². The first-order valence-electron chi connectivity index (χ1n) is 16.6. The van der Waals surface area contributed by atoms with Gasteiger partial charge in [-0.05, 0) is 97.7 Å². The minimum atomic E-state index is 0.0485. The second-order valence-corrected chi connectivity index (χ2v) is 14.8. The summed E-state index contributed by atoms with van der Waals surface area (Å²) in [5.74, 6) is 5.34. The van der Waals surface area contributed by atoms with Crippen LogP contribution in [0.15, 0.2) is 11.6 Å². The van der Waals surface area contributed by atoms with Crippen LogP contribution in [-0.2, 0) is 9.53 Å². The fourth-order valence-electron chi connectivity index (χ4n) is 9.87. The Morgan fingerprint density at radius 1 is 0.946 bits per heavy atom. The molecule has 2 nitrogen and oxygen atoms in total. The van der Waals surface area contributed by atoms with E-state index in [0.29, 0.717) is 17.3 Å². The van der Waals surface area contributed by atoms with E-state index in [1.165, 1.54) is 77.0 Å². The highest BCUT2D eigenvalue weighted by molar-refractivity contribution is 5.69. The third-order valence-electron chi connectivity index (χ3n) is 12.0. The lowest BCUT2D eigenvalue weighted by Gasteiger charge is -2.58. The highest BCUT2D eigenvalue weighted by atomic mass is 16.5. The molecule has 0 spiro atoms. The Kier molecular flexibility index (Phi) is 9.94. The Balaban J connectivity index is 1.34. The van der Waals surface area contributed by atoms with E-state index in [1.54, 1.807) is 5.57 Å². The van der Waals surface area contributed by atoms with Gasteiger partial charge in [0.25, 0.3) is 0 Å². The third kappa shape index (κ3) is 6.35. The van der Waals surface area contributed by atoms with Crippen molar-refractivity contribution in [3.05, 3.63) is 11.6 Å². The lowest BCUT2D eigenvalue weighted by molar-refractivity contribution is -0.151. The Morgan fingerprint density at radius 2 is 1.73 bits per heavy atom. The molecule has 37 heavy (non-hydrogen) atoms. The van der Waals surface area contributed by atoms with E-state index in [9.17, 15) is 4.79 Å². The Bertz CT molecular complexity index is 782. The van der Waals surface area contributed by atoms with E-state index in [1.807, 2.05) is 0 Å². The van der Waals surface area contributed by atoms with Crippen molar-refractivity contribution in [2.45, 2.75) is 157 Å². The molecule has 4 aliphatic carbocycles. The lowest BCUT2D eigenvalue weighted by Crippen LogP contribution is -2.51. The molecule has 8 atom stereocenters. The number of fused-ring (bicyclic) bond motifs is 5. The van der Waals surface area contributed by atoms with Gasteiger partial charge in [-0.1, -0.05) is 98.1 Å². The summed E-state index contributed by atoms with van der Waals surface area (Å²) >= 11 is 0. The maximum absolute atomic E-state index is 12.5. The molecule has 2 heteroatoms. The molecule has 3 fully saturated rings. The minimum absolute atomic E-state index is 0.0485. The first-order valence-corrected chi connectivity index (χ1v) is 16.6. The van der Waals surface area contributed by atoms with Gasteiger partial charge >= 0.3 is 5.97 Å². The second kappa shape index (κ2) is 12.6. The average Bonchev–Trinajstić information content (AvgIpc) is 3.21. The summed E-state index contributed by atoms with van der Waals surface area (Å²) in [5.41, 5.74) is 2.54. The molecular weight excluding hydrogens is 452 g/mol. The van der Waals surface area contributed by atoms with Gasteiger partial charge < -0.3 is 4.74 Å². The van der Waals surface area contributed by atoms with Gasteiger partial charge in [0.05, 0.1) is 0 Å². The van der Waals surface area contributed by atoms with E-state index >= 15 is 0 Å². The maximum Gasteiger partial charge on any atom is 0.306 e. The Labute approximate surface area is 230 Å². The van der Waals surface area contributed by atoms with Crippen molar-refractivity contribution in [3.63, 3.8) is 0 Å². The summed E-state index contributed by atoms with van der Waals surface area (Å²) in [4.78, 5) is 12.5.